The van der Waals surface area contributed by atoms with E-state index in [4.69, 9.17) is 9.15 Å². The number of oxazole rings is 1. The van der Waals surface area contributed by atoms with Gasteiger partial charge in [0.2, 0.25) is 11.8 Å². The van der Waals surface area contributed by atoms with E-state index < -0.39 is 0 Å². The van der Waals surface area contributed by atoms with Crippen molar-refractivity contribution < 1.29 is 18.3 Å². The molecule has 0 saturated carbocycles. The number of anilines is 1. The summed E-state index contributed by atoms with van der Waals surface area (Å²) in [6.45, 7) is 1.00. The summed E-state index contributed by atoms with van der Waals surface area (Å²) in [5.41, 5.74) is 2.08. The summed E-state index contributed by atoms with van der Waals surface area (Å²) in [4.78, 5) is 17.9. The van der Waals surface area contributed by atoms with E-state index in [0.717, 1.165) is 18.7 Å². The second kappa shape index (κ2) is 7.00. The fourth-order valence-corrected chi connectivity index (χ4v) is 2.93. The van der Waals surface area contributed by atoms with E-state index in [1.54, 1.807) is 17.0 Å². The minimum atomic E-state index is -0.338. The van der Waals surface area contributed by atoms with E-state index in [1.807, 2.05) is 24.3 Å². The number of rotatable bonds is 5. The zero-order valence-electron chi connectivity index (χ0n) is 14.0. The Hall–Kier alpha value is -3.15. The average molecular weight is 352 g/mol. The van der Waals surface area contributed by atoms with Gasteiger partial charge < -0.3 is 14.1 Å². The van der Waals surface area contributed by atoms with Crippen molar-refractivity contribution in [3.8, 4) is 17.2 Å². The minimum Gasteiger partial charge on any atom is -0.487 e. The lowest BCUT2D eigenvalue weighted by Gasteiger charge is -2.15. The zero-order valence-corrected chi connectivity index (χ0v) is 14.0. The Morgan fingerprint density at radius 1 is 1.19 bits per heavy atom. The van der Waals surface area contributed by atoms with Crippen molar-refractivity contribution >= 4 is 11.6 Å². The standard InChI is InChI=1S/C20H17FN2O3/c21-15-4-1-3-14(11-15)20-22-16(13-26-20)12-25-18-8-6-17(7-9-18)23-10-2-5-19(23)24/h1,3-4,6-9,11,13H,2,5,10,12H2. The number of hydrogen-bond acceptors (Lipinski definition) is 4. The van der Waals surface area contributed by atoms with E-state index in [1.165, 1.54) is 18.4 Å². The third-order valence-corrected chi connectivity index (χ3v) is 4.23. The molecule has 0 aliphatic carbocycles. The molecule has 0 spiro atoms. The van der Waals surface area contributed by atoms with Gasteiger partial charge in [0.25, 0.3) is 0 Å². The lowest BCUT2D eigenvalue weighted by atomic mass is 10.2. The lowest BCUT2D eigenvalue weighted by molar-refractivity contribution is -0.117. The first kappa shape index (κ1) is 16.3. The van der Waals surface area contributed by atoms with Crippen LogP contribution in [0, 0.1) is 5.82 Å². The van der Waals surface area contributed by atoms with Gasteiger partial charge in [-0.15, -0.1) is 0 Å². The first-order chi connectivity index (χ1) is 12.7. The van der Waals surface area contributed by atoms with Crippen LogP contribution >= 0.6 is 0 Å². The Balaban J connectivity index is 1.39. The molecule has 6 heteroatoms. The molecule has 1 aliphatic heterocycles. The van der Waals surface area contributed by atoms with Crippen LogP contribution in [0.2, 0.25) is 0 Å². The molecular formula is C20H17FN2O3. The lowest BCUT2D eigenvalue weighted by Crippen LogP contribution is -2.23. The van der Waals surface area contributed by atoms with Gasteiger partial charge in [-0.2, -0.15) is 0 Å². The van der Waals surface area contributed by atoms with Crippen molar-refractivity contribution in [1.82, 2.24) is 4.98 Å². The molecule has 1 aromatic heterocycles. The Morgan fingerprint density at radius 3 is 2.77 bits per heavy atom. The van der Waals surface area contributed by atoms with Crippen molar-refractivity contribution in [2.75, 3.05) is 11.4 Å². The number of ether oxygens (including phenoxy) is 1. The topological polar surface area (TPSA) is 55.6 Å². The number of hydrogen-bond donors (Lipinski definition) is 0. The molecule has 0 unspecified atom stereocenters. The highest BCUT2D eigenvalue weighted by atomic mass is 19.1. The maximum absolute atomic E-state index is 13.3. The van der Waals surface area contributed by atoms with Gasteiger partial charge in [0.1, 0.15) is 30.1 Å². The summed E-state index contributed by atoms with van der Waals surface area (Å²) in [5, 5.41) is 0. The Labute approximate surface area is 150 Å². The maximum atomic E-state index is 13.3. The highest BCUT2D eigenvalue weighted by Crippen LogP contribution is 2.25. The van der Waals surface area contributed by atoms with Gasteiger partial charge in [-0.3, -0.25) is 4.79 Å². The molecule has 4 rings (SSSR count). The van der Waals surface area contributed by atoms with Crippen LogP contribution in [-0.2, 0) is 11.4 Å². The third kappa shape index (κ3) is 3.44. The van der Waals surface area contributed by atoms with Crippen LogP contribution in [0.25, 0.3) is 11.5 Å². The largest absolute Gasteiger partial charge is 0.487 e. The molecule has 0 radical (unpaired) electrons. The molecule has 1 aliphatic rings. The van der Waals surface area contributed by atoms with Crippen molar-refractivity contribution in [3.05, 3.63) is 66.3 Å². The van der Waals surface area contributed by atoms with Crippen LogP contribution in [0.3, 0.4) is 0 Å². The zero-order chi connectivity index (χ0) is 17.9. The van der Waals surface area contributed by atoms with Gasteiger partial charge in [0.15, 0.2) is 0 Å². The van der Waals surface area contributed by atoms with Gasteiger partial charge >= 0.3 is 0 Å². The number of nitrogens with zero attached hydrogens (tertiary/aromatic N) is 2. The summed E-state index contributed by atoms with van der Waals surface area (Å²) in [6, 6.07) is 13.5. The van der Waals surface area contributed by atoms with Gasteiger partial charge in [0, 0.05) is 24.2 Å². The smallest absolute Gasteiger partial charge is 0.227 e. The summed E-state index contributed by atoms with van der Waals surface area (Å²) < 4.78 is 24.4. The summed E-state index contributed by atoms with van der Waals surface area (Å²) >= 11 is 0. The van der Waals surface area contributed by atoms with Crippen LogP contribution in [0.1, 0.15) is 18.5 Å². The maximum Gasteiger partial charge on any atom is 0.227 e. The predicted octanol–water partition coefficient (Wildman–Crippen LogP) is 4.19. The Kier molecular flexibility index (Phi) is 4.39. The van der Waals surface area contributed by atoms with E-state index >= 15 is 0 Å². The van der Waals surface area contributed by atoms with Gasteiger partial charge in [-0.1, -0.05) is 6.07 Å². The fraction of sp³-hybridized carbons (Fsp3) is 0.200. The van der Waals surface area contributed by atoms with E-state index in [-0.39, 0.29) is 18.3 Å². The van der Waals surface area contributed by atoms with Crippen molar-refractivity contribution in [2.24, 2.45) is 0 Å². The summed E-state index contributed by atoms with van der Waals surface area (Å²) in [7, 11) is 0. The molecule has 0 atom stereocenters. The van der Waals surface area contributed by atoms with Gasteiger partial charge in [-0.25, -0.2) is 9.37 Å². The highest BCUT2D eigenvalue weighted by Gasteiger charge is 2.21. The van der Waals surface area contributed by atoms with Crippen LogP contribution in [0.4, 0.5) is 10.1 Å². The molecular weight excluding hydrogens is 335 g/mol. The molecule has 0 N–H and O–H groups in total. The van der Waals surface area contributed by atoms with E-state index in [0.29, 0.717) is 29.3 Å². The number of halogens is 1. The van der Waals surface area contributed by atoms with Crippen LogP contribution < -0.4 is 9.64 Å². The van der Waals surface area contributed by atoms with Crippen molar-refractivity contribution in [1.29, 1.82) is 0 Å². The molecule has 1 amide bonds. The molecule has 0 bridgehead atoms. The number of benzene rings is 2. The van der Waals surface area contributed by atoms with Crippen molar-refractivity contribution in [3.63, 3.8) is 0 Å². The monoisotopic (exact) mass is 352 g/mol. The molecule has 26 heavy (non-hydrogen) atoms. The number of amides is 1. The molecule has 1 fully saturated rings. The molecule has 2 aromatic carbocycles. The predicted molar refractivity (Wildman–Crippen MR) is 94.3 cm³/mol. The molecule has 132 valence electrons. The second-order valence-corrected chi connectivity index (χ2v) is 6.09. The molecule has 5 nitrogen and oxygen atoms in total. The van der Waals surface area contributed by atoms with E-state index in [2.05, 4.69) is 4.98 Å². The van der Waals surface area contributed by atoms with Crippen LogP contribution in [0.5, 0.6) is 5.75 Å². The Morgan fingerprint density at radius 2 is 2.04 bits per heavy atom. The van der Waals surface area contributed by atoms with Crippen LogP contribution in [0.15, 0.2) is 59.2 Å². The normalized spacial score (nSPS) is 14.0. The SMILES string of the molecule is O=C1CCCN1c1ccc(OCc2coc(-c3cccc(F)c3)n2)cc1. The first-order valence-electron chi connectivity index (χ1n) is 8.42. The number of carbonyl (C=O) groups excluding carboxylic acids is 1. The minimum absolute atomic E-state index is 0.158. The molecule has 2 heterocycles. The second-order valence-electron chi connectivity index (χ2n) is 6.09. The molecule has 3 aromatic rings. The Bertz CT molecular complexity index is 921. The fourth-order valence-electron chi connectivity index (χ4n) is 2.93. The number of carbonyl (C=O) groups is 1. The van der Waals surface area contributed by atoms with Crippen molar-refractivity contribution in [2.45, 2.75) is 19.4 Å². The first-order valence-corrected chi connectivity index (χ1v) is 8.42. The molecule has 1 saturated heterocycles. The summed E-state index contributed by atoms with van der Waals surface area (Å²) in [5.74, 6) is 0.850. The third-order valence-electron chi connectivity index (χ3n) is 4.23. The summed E-state index contributed by atoms with van der Waals surface area (Å²) in [6.07, 6.45) is 3.01. The van der Waals surface area contributed by atoms with Gasteiger partial charge in [-0.05, 0) is 48.9 Å². The number of aromatic nitrogens is 1. The van der Waals surface area contributed by atoms with E-state index in [9.17, 15) is 9.18 Å². The average Bonchev–Trinajstić information content (AvgIpc) is 3.29. The van der Waals surface area contributed by atoms with Crippen LogP contribution in [-0.4, -0.2) is 17.4 Å². The highest BCUT2D eigenvalue weighted by molar-refractivity contribution is 5.95. The quantitative estimate of drug-likeness (QED) is 0.691. The van der Waals surface area contributed by atoms with Gasteiger partial charge in [0.05, 0.1) is 0 Å².